The van der Waals surface area contributed by atoms with Gasteiger partial charge in [0, 0.05) is 16.5 Å². The van der Waals surface area contributed by atoms with E-state index >= 15 is 0 Å². The van der Waals surface area contributed by atoms with Gasteiger partial charge >= 0.3 is 5.97 Å². The van der Waals surface area contributed by atoms with Crippen molar-refractivity contribution in [3.8, 4) is 11.5 Å². The lowest BCUT2D eigenvalue weighted by Gasteiger charge is -2.29. The van der Waals surface area contributed by atoms with E-state index in [1.807, 2.05) is 43.3 Å². The van der Waals surface area contributed by atoms with Crippen LogP contribution in [0, 0.1) is 0 Å². The molecule has 2 aromatic carbocycles. The van der Waals surface area contributed by atoms with E-state index in [4.69, 9.17) is 35.9 Å². The lowest BCUT2D eigenvalue weighted by Crippen LogP contribution is -2.30. The fourth-order valence-corrected chi connectivity index (χ4v) is 6.34. The standard InChI is InChI=1S/C31H38BrClN4O4S/c1-5-7-9-12-16-40-28-23(32)17-22(18-25(28)39-4)27-26(29(38)41-15-8-6-2)20(3)34-30-35-31(36-37(27)30)42-19-21-13-10-11-14-24(21)33/h10-11,13-14,17-18,27H,5-9,12,15-16,19H2,1-4H3,(H,34,35,36). The zero-order chi connectivity index (χ0) is 30.1. The van der Waals surface area contributed by atoms with Crippen molar-refractivity contribution < 1.29 is 19.0 Å². The number of unbranched alkanes of at least 4 members (excludes halogenated alkanes) is 4. The summed E-state index contributed by atoms with van der Waals surface area (Å²) in [4.78, 5) is 18.2. The summed E-state index contributed by atoms with van der Waals surface area (Å²) in [5, 5.41) is 9.37. The minimum atomic E-state index is -0.596. The predicted octanol–water partition coefficient (Wildman–Crippen LogP) is 8.59. The van der Waals surface area contributed by atoms with Crippen LogP contribution in [-0.4, -0.2) is 41.1 Å². The Hall–Kier alpha value is -2.69. The van der Waals surface area contributed by atoms with E-state index in [9.17, 15) is 4.79 Å². The second kappa shape index (κ2) is 15.7. The summed E-state index contributed by atoms with van der Waals surface area (Å²) in [5.41, 5.74) is 2.91. The molecule has 1 aliphatic heterocycles. The van der Waals surface area contributed by atoms with Crippen LogP contribution in [0.4, 0.5) is 5.95 Å². The van der Waals surface area contributed by atoms with Gasteiger partial charge in [-0.25, -0.2) is 9.48 Å². The zero-order valence-electron chi connectivity index (χ0n) is 24.5. The van der Waals surface area contributed by atoms with Gasteiger partial charge < -0.3 is 19.5 Å². The number of carbonyl (C=O) groups is 1. The number of hydrogen-bond acceptors (Lipinski definition) is 8. The highest BCUT2D eigenvalue weighted by Gasteiger charge is 2.36. The van der Waals surface area contributed by atoms with E-state index in [-0.39, 0.29) is 0 Å². The molecule has 0 aliphatic carbocycles. The number of carbonyl (C=O) groups excluding carboxylic acids is 1. The highest BCUT2D eigenvalue weighted by molar-refractivity contribution is 9.10. The third-order valence-electron chi connectivity index (χ3n) is 6.91. The van der Waals surface area contributed by atoms with Crippen LogP contribution in [0.2, 0.25) is 5.02 Å². The molecule has 1 atom stereocenters. The normalized spacial score (nSPS) is 14.4. The number of fused-ring (bicyclic) bond motifs is 1. The zero-order valence-corrected chi connectivity index (χ0v) is 27.7. The molecule has 226 valence electrons. The van der Waals surface area contributed by atoms with Crippen molar-refractivity contribution in [2.45, 2.75) is 76.2 Å². The third-order valence-corrected chi connectivity index (χ3v) is 8.75. The van der Waals surface area contributed by atoms with E-state index in [0.717, 1.165) is 41.3 Å². The van der Waals surface area contributed by atoms with Crippen molar-refractivity contribution in [2.75, 3.05) is 25.6 Å². The summed E-state index contributed by atoms with van der Waals surface area (Å²) in [6.45, 7) is 7.04. The average Bonchev–Trinajstić information content (AvgIpc) is 3.38. The number of nitrogens with zero attached hydrogens (tertiary/aromatic N) is 3. The SMILES string of the molecule is CCCCCCOc1c(Br)cc(C2C(C(=O)OCCCC)=C(C)Nc3nc(SCc4ccccc4Cl)nn32)cc1OC. The molecule has 0 spiro atoms. The Bertz CT molecular complexity index is 1410. The first kappa shape index (κ1) is 32.2. The van der Waals surface area contributed by atoms with Gasteiger partial charge in [0.05, 0.1) is 30.4 Å². The van der Waals surface area contributed by atoms with Gasteiger partial charge in [-0.3, -0.25) is 0 Å². The smallest absolute Gasteiger partial charge is 0.338 e. The van der Waals surface area contributed by atoms with Crippen LogP contribution in [0.1, 0.15) is 76.5 Å². The number of allylic oxidation sites excluding steroid dienone is 1. The molecular formula is C31H38BrClN4O4S. The second-order valence-electron chi connectivity index (χ2n) is 10.0. The van der Waals surface area contributed by atoms with Gasteiger partial charge in [-0.05, 0) is 65.0 Å². The molecule has 1 N–H and O–H groups in total. The van der Waals surface area contributed by atoms with E-state index < -0.39 is 12.0 Å². The Morgan fingerprint density at radius 3 is 2.64 bits per heavy atom. The van der Waals surface area contributed by atoms with Crippen molar-refractivity contribution in [1.29, 1.82) is 0 Å². The maximum Gasteiger partial charge on any atom is 0.338 e. The Labute approximate surface area is 265 Å². The van der Waals surface area contributed by atoms with Gasteiger partial charge in [-0.1, -0.05) is 81.1 Å². The highest BCUT2D eigenvalue weighted by atomic mass is 79.9. The second-order valence-corrected chi connectivity index (χ2v) is 12.2. The number of rotatable bonds is 15. The van der Waals surface area contributed by atoms with Gasteiger partial charge in [0.1, 0.15) is 6.04 Å². The molecular weight excluding hydrogens is 640 g/mol. The molecule has 3 aromatic rings. The van der Waals surface area contributed by atoms with Crippen molar-refractivity contribution in [3.63, 3.8) is 0 Å². The molecule has 0 fully saturated rings. The summed E-state index contributed by atoms with van der Waals surface area (Å²) < 4.78 is 20.1. The lowest BCUT2D eigenvalue weighted by atomic mass is 9.95. The minimum absolute atomic E-state index is 0.347. The molecule has 2 heterocycles. The predicted molar refractivity (Wildman–Crippen MR) is 172 cm³/mol. The van der Waals surface area contributed by atoms with Gasteiger partial charge in [-0.2, -0.15) is 4.98 Å². The topological polar surface area (TPSA) is 87.5 Å². The van der Waals surface area contributed by atoms with Crippen molar-refractivity contribution in [1.82, 2.24) is 14.8 Å². The van der Waals surface area contributed by atoms with Gasteiger partial charge in [0.25, 0.3) is 0 Å². The molecule has 0 radical (unpaired) electrons. The van der Waals surface area contributed by atoms with Crippen molar-refractivity contribution in [3.05, 3.63) is 68.3 Å². The fourth-order valence-electron chi connectivity index (χ4n) is 4.65. The molecule has 11 heteroatoms. The van der Waals surface area contributed by atoms with E-state index in [1.165, 1.54) is 24.6 Å². The molecule has 0 saturated heterocycles. The fraction of sp³-hybridized carbons (Fsp3) is 0.452. The lowest BCUT2D eigenvalue weighted by molar-refractivity contribution is -0.139. The number of anilines is 1. The number of hydrogen-bond donors (Lipinski definition) is 1. The third kappa shape index (κ3) is 7.82. The van der Waals surface area contributed by atoms with Crippen molar-refractivity contribution in [2.24, 2.45) is 0 Å². The quantitative estimate of drug-likeness (QED) is 0.0973. The Morgan fingerprint density at radius 1 is 1.12 bits per heavy atom. The Balaban J connectivity index is 1.69. The first-order valence-corrected chi connectivity index (χ1v) is 16.5. The molecule has 8 nitrogen and oxygen atoms in total. The largest absolute Gasteiger partial charge is 0.493 e. The van der Waals surface area contributed by atoms with E-state index in [1.54, 1.807) is 11.8 Å². The minimum Gasteiger partial charge on any atom is -0.493 e. The highest BCUT2D eigenvalue weighted by Crippen LogP contribution is 2.43. The molecule has 0 bridgehead atoms. The summed E-state index contributed by atoms with van der Waals surface area (Å²) in [7, 11) is 1.61. The summed E-state index contributed by atoms with van der Waals surface area (Å²) in [5.74, 6) is 1.95. The van der Waals surface area contributed by atoms with Crippen LogP contribution < -0.4 is 14.8 Å². The van der Waals surface area contributed by atoms with Crippen LogP contribution in [-0.2, 0) is 15.3 Å². The number of thioether (sulfide) groups is 1. The van der Waals surface area contributed by atoms with Crippen LogP contribution >= 0.6 is 39.3 Å². The molecule has 42 heavy (non-hydrogen) atoms. The molecule has 1 aromatic heterocycles. The molecule has 0 saturated carbocycles. The number of aromatic nitrogens is 3. The van der Waals surface area contributed by atoms with Crippen LogP contribution in [0.25, 0.3) is 0 Å². The number of benzene rings is 2. The number of halogens is 2. The summed E-state index contributed by atoms with van der Waals surface area (Å²) >= 11 is 11.6. The molecule has 4 rings (SSSR count). The van der Waals surface area contributed by atoms with Gasteiger partial charge in [-0.15, -0.1) is 5.10 Å². The average molecular weight is 678 g/mol. The van der Waals surface area contributed by atoms with Crippen LogP contribution in [0.15, 0.2) is 57.3 Å². The van der Waals surface area contributed by atoms with E-state index in [2.05, 4.69) is 35.1 Å². The summed E-state index contributed by atoms with van der Waals surface area (Å²) in [6, 6.07) is 11.0. The van der Waals surface area contributed by atoms with Crippen LogP contribution in [0.5, 0.6) is 11.5 Å². The number of nitrogens with one attached hydrogen (secondary N) is 1. The van der Waals surface area contributed by atoms with Gasteiger partial charge in [0.2, 0.25) is 11.1 Å². The molecule has 1 unspecified atom stereocenters. The number of ether oxygens (including phenoxy) is 3. The molecule has 0 amide bonds. The van der Waals surface area contributed by atoms with E-state index in [0.29, 0.717) is 57.9 Å². The molecule has 1 aliphatic rings. The number of esters is 1. The maximum absolute atomic E-state index is 13.5. The maximum atomic E-state index is 13.5. The van der Waals surface area contributed by atoms with Crippen molar-refractivity contribution >= 4 is 51.2 Å². The van der Waals surface area contributed by atoms with Crippen LogP contribution in [0.3, 0.4) is 0 Å². The van der Waals surface area contributed by atoms with Gasteiger partial charge in [0.15, 0.2) is 11.5 Å². The Morgan fingerprint density at radius 2 is 1.90 bits per heavy atom. The number of methoxy groups -OCH3 is 1. The Kier molecular flexibility index (Phi) is 12.0. The first-order valence-electron chi connectivity index (χ1n) is 14.4. The summed E-state index contributed by atoms with van der Waals surface area (Å²) in [6.07, 6.45) is 6.14. The first-order chi connectivity index (χ1) is 20.4. The monoisotopic (exact) mass is 676 g/mol.